The van der Waals surface area contributed by atoms with E-state index < -0.39 is 5.54 Å². The van der Waals surface area contributed by atoms with Crippen molar-refractivity contribution in [2.24, 2.45) is 11.7 Å². The van der Waals surface area contributed by atoms with Gasteiger partial charge in [0.15, 0.2) is 0 Å². The molecule has 1 aliphatic rings. The molecule has 3 N–H and O–H groups in total. The first-order valence-corrected chi connectivity index (χ1v) is 5.54. The van der Waals surface area contributed by atoms with Crippen LogP contribution in [-0.2, 0) is 9.53 Å². The third-order valence-corrected chi connectivity index (χ3v) is 3.15. The summed E-state index contributed by atoms with van der Waals surface area (Å²) >= 11 is 4.89. The second-order valence-corrected chi connectivity index (χ2v) is 4.80. The molecule has 4 nitrogen and oxygen atoms in total. The smallest absolute Gasteiger partial charge is 0.224 e. The predicted octanol–water partition coefficient (Wildman–Crippen LogP) is 0.594. The summed E-state index contributed by atoms with van der Waals surface area (Å²) in [4.78, 5) is 12.1. The molecule has 1 aliphatic heterocycles. The lowest BCUT2D eigenvalue weighted by atomic mass is 9.97. The van der Waals surface area contributed by atoms with E-state index in [1.807, 2.05) is 13.8 Å². The van der Waals surface area contributed by atoms with Crippen LogP contribution in [0.15, 0.2) is 0 Å². The fourth-order valence-corrected chi connectivity index (χ4v) is 1.48. The SMILES string of the molecule is CC(C)(NC(=O)C1CCOCC1)C(N)=S. The lowest BCUT2D eigenvalue weighted by molar-refractivity contribution is -0.128. The molecule has 1 rings (SSSR count). The van der Waals surface area contributed by atoms with Gasteiger partial charge in [0.25, 0.3) is 0 Å². The number of thiocarbonyl (C=S) groups is 1. The summed E-state index contributed by atoms with van der Waals surface area (Å²) in [5, 5.41) is 2.86. The third-order valence-electron chi connectivity index (χ3n) is 2.64. The van der Waals surface area contributed by atoms with Gasteiger partial charge in [0.2, 0.25) is 5.91 Å². The second-order valence-electron chi connectivity index (χ2n) is 4.37. The molecule has 0 unspecified atom stereocenters. The molecule has 0 spiro atoms. The third kappa shape index (κ3) is 3.43. The number of nitrogens with one attached hydrogen (secondary N) is 1. The molecule has 0 aromatic carbocycles. The van der Waals surface area contributed by atoms with E-state index in [0.29, 0.717) is 18.2 Å². The minimum atomic E-state index is -0.606. The lowest BCUT2D eigenvalue weighted by Gasteiger charge is -2.29. The van der Waals surface area contributed by atoms with Gasteiger partial charge in [-0.2, -0.15) is 0 Å². The normalized spacial score (nSPS) is 18.5. The molecule has 0 aromatic heterocycles. The lowest BCUT2D eigenvalue weighted by Crippen LogP contribution is -2.54. The quantitative estimate of drug-likeness (QED) is 0.697. The van der Waals surface area contributed by atoms with E-state index in [2.05, 4.69) is 5.32 Å². The number of nitrogens with two attached hydrogens (primary N) is 1. The number of hydrogen-bond donors (Lipinski definition) is 2. The number of rotatable bonds is 3. The van der Waals surface area contributed by atoms with Crippen molar-refractivity contribution in [2.75, 3.05) is 13.2 Å². The largest absolute Gasteiger partial charge is 0.391 e. The predicted molar refractivity (Wildman–Crippen MR) is 62.6 cm³/mol. The Morgan fingerprint density at radius 1 is 1.47 bits per heavy atom. The van der Waals surface area contributed by atoms with Crippen LogP contribution in [0.4, 0.5) is 0 Å². The molecule has 5 heteroatoms. The van der Waals surface area contributed by atoms with E-state index in [9.17, 15) is 4.79 Å². The van der Waals surface area contributed by atoms with Crippen LogP contribution < -0.4 is 11.1 Å². The van der Waals surface area contributed by atoms with Crippen LogP contribution >= 0.6 is 12.2 Å². The fourth-order valence-electron chi connectivity index (χ4n) is 1.43. The monoisotopic (exact) mass is 230 g/mol. The maximum Gasteiger partial charge on any atom is 0.224 e. The Morgan fingerprint density at radius 3 is 2.47 bits per heavy atom. The molecule has 0 aliphatic carbocycles. The van der Waals surface area contributed by atoms with E-state index in [1.54, 1.807) is 0 Å². The second kappa shape index (κ2) is 4.90. The number of carbonyl (C=O) groups excluding carboxylic acids is 1. The summed E-state index contributed by atoms with van der Waals surface area (Å²) in [6.07, 6.45) is 1.55. The zero-order valence-electron chi connectivity index (χ0n) is 9.21. The molecule has 0 aromatic rings. The van der Waals surface area contributed by atoms with Crippen LogP contribution in [-0.4, -0.2) is 29.6 Å². The Morgan fingerprint density at radius 2 is 2.00 bits per heavy atom. The van der Waals surface area contributed by atoms with Crippen molar-refractivity contribution >= 4 is 23.1 Å². The van der Waals surface area contributed by atoms with Crippen molar-refractivity contribution in [2.45, 2.75) is 32.2 Å². The van der Waals surface area contributed by atoms with Crippen molar-refractivity contribution in [3.8, 4) is 0 Å². The molecule has 0 atom stereocenters. The summed E-state index contributed by atoms with van der Waals surface area (Å²) in [5.41, 5.74) is 4.93. The Balaban J connectivity index is 2.50. The molecule has 86 valence electrons. The minimum Gasteiger partial charge on any atom is -0.391 e. The maximum atomic E-state index is 11.8. The van der Waals surface area contributed by atoms with E-state index in [4.69, 9.17) is 22.7 Å². The molecule has 15 heavy (non-hydrogen) atoms. The molecule has 0 bridgehead atoms. The van der Waals surface area contributed by atoms with Gasteiger partial charge in [-0.1, -0.05) is 12.2 Å². The van der Waals surface area contributed by atoms with Crippen molar-refractivity contribution < 1.29 is 9.53 Å². The van der Waals surface area contributed by atoms with Crippen LogP contribution in [0.25, 0.3) is 0 Å². The van der Waals surface area contributed by atoms with E-state index in [0.717, 1.165) is 12.8 Å². The van der Waals surface area contributed by atoms with Gasteiger partial charge in [-0.25, -0.2) is 0 Å². The average molecular weight is 230 g/mol. The number of carbonyl (C=O) groups is 1. The molecule has 1 amide bonds. The van der Waals surface area contributed by atoms with Crippen molar-refractivity contribution in [1.29, 1.82) is 0 Å². The zero-order chi connectivity index (χ0) is 11.5. The first-order chi connectivity index (χ1) is 6.93. The number of hydrogen-bond acceptors (Lipinski definition) is 3. The highest BCUT2D eigenvalue weighted by Gasteiger charge is 2.28. The zero-order valence-corrected chi connectivity index (χ0v) is 10.0. The van der Waals surface area contributed by atoms with Crippen LogP contribution in [0, 0.1) is 5.92 Å². The first-order valence-electron chi connectivity index (χ1n) is 5.13. The van der Waals surface area contributed by atoms with Crippen LogP contribution in [0.2, 0.25) is 0 Å². The van der Waals surface area contributed by atoms with Gasteiger partial charge in [-0.3, -0.25) is 4.79 Å². The highest BCUT2D eigenvalue weighted by molar-refractivity contribution is 7.80. The standard InChI is InChI=1S/C10H18N2O2S/c1-10(2,9(11)15)12-8(13)7-3-5-14-6-4-7/h7H,3-6H2,1-2H3,(H2,11,15)(H,12,13). The van der Waals surface area contributed by atoms with Gasteiger partial charge < -0.3 is 15.8 Å². The molecular weight excluding hydrogens is 212 g/mol. The number of amides is 1. The van der Waals surface area contributed by atoms with Crippen LogP contribution in [0.1, 0.15) is 26.7 Å². The first kappa shape index (κ1) is 12.4. The Bertz CT molecular complexity index is 260. The topological polar surface area (TPSA) is 64.3 Å². The van der Waals surface area contributed by atoms with E-state index in [-0.39, 0.29) is 11.8 Å². The number of ether oxygens (including phenoxy) is 1. The maximum absolute atomic E-state index is 11.8. The van der Waals surface area contributed by atoms with Crippen LogP contribution in [0.3, 0.4) is 0 Å². The summed E-state index contributed by atoms with van der Waals surface area (Å²) in [5.74, 6) is 0.0588. The van der Waals surface area contributed by atoms with Crippen molar-refractivity contribution in [1.82, 2.24) is 5.32 Å². The van der Waals surface area contributed by atoms with Gasteiger partial charge in [0, 0.05) is 19.1 Å². The van der Waals surface area contributed by atoms with Gasteiger partial charge in [-0.15, -0.1) is 0 Å². The Hall–Kier alpha value is -0.680. The summed E-state index contributed by atoms with van der Waals surface area (Å²) in [7, 11) is 0. The van der Waals surface area contributed by atoms with Gasteiger partial charge in [0.05, 0.1) is 10.5 Å². The molecule has 1 saturated heterocycles. The molecule has 0 saturated carbocycles. The Kier molecular flexibility index (Phi) is 4.04. The summed E-state index contributed by atoms with van der Waals surface area (Å²) in [6.45, 7) is 4.94. The molecule has 0 radical (unpaired) electrons. The van der Waals surface area contributed by atoms with Gasteiger partial charge in [-0.05, 0) is 26.7 Å². The molecule has 1 fully saturated rings. The highest BCUT2D eigenvalue weighted by Crippen LogP contribution is 2.16. The van der Waals surface area contributed by atoms with Crippen molar-refractivity contribution in [3.63, 3.8) is 0 Å². The minimum absolute atomic E-state index is 0.0242. The fraction of sp³-hybridized carbons (Fsp3) is 0.800. The van der Waals surface area contributed by atoms with Gasteiger partial charge in [0.1, 0.15) is 0 Å². The van der Waals surface area contributed by atoms with Crippen LogP contribution in [0.5, 0.6) is 0 Å². The molecule has 1 heterocycles. The Labute approximate surface area is 95.5 Å². The van der Waals surface area contributed by atoms with E-state index in [1.165, 1.54) is 0 Å². The van der Waals surface area contributed by atoms with Gasteiger partial charge >= 0.3 is 0 Å². The average Bonchev–Trinajstić information content (AvgIpc) is 2.18. The summed E-state index contributed by atoms with van der Waals surface area (Å²) in [6, 6.07) is 0. The van der Waals surface area contributed by atoms with E-state index >= 15 is 0 Å². The van der Waals surface area contributed by atoms with Crippen molar-refractivity contribution in [3.05, 3.63) is 0 Å². The highest BCUT2D eigenvalue weighted by atomic mass is 32.1. The molecular formula is C10H18N2O2S. The summed E-state index contributed by atoms with van der Waals surface area (Å²) < 4.78 is 5.20.